The number of aliphatic hydroxyl groups excluding tert-OH is 1. The van der Waals surface area contributed by atoms with Gasteiger partial charge >= 0.3 is 0 Å². The highest BCUT2D eigenvalue weighted by molar-refractivity contribution is 7.11. The Bertz CT molecular complexity index is 257. The molecule has 0 unspecified atom stereocenters. The summed E-state index contributed by atoms with van der Waals surface area (Å²) in [6.07, 6.45) is 5.12. The number of aromatic nitrogens is 2. The van der Waals surface area contributed by atoms with Gasteiger partial charge in [-0.25, -0.2) is 0 Å². The molecule has 1 heterocycles. The fraction of sp³-hybridized carbons (Fsp3) is 0.750. The van der Waals surface area contributed by atoms with Gasteiger partial charge in [0.05, 0.1) is 6.61 Å². The van der Waals surface area contributed by atoms with Crippen LogP contribution in [0.3, 0.4) is 0 Å². The highest BCUT2D eigenvalue weighted by Crippen LogP contribution is 2.30. The van der Waals surface area contributed by atoms with E-state index in [1.54, 1.807) is 0 Å². The Morgan fingerprint density at radius 1 is 1.33 bits per heavy atom. The van der Waals surface area contributed by atoms with Crippen LogP contribution in [-0.4, -0.2) is 15.3 Å². The number of rotatable bonds is 3. The molecule has 12 heavy (non-hydrogen) atoms. The summed E-state index contributed by atoms with van der Waals surface area (Å²) >= 11 is 1.54. The van der Waals surface area contributed by atoms with Crippen molar-refractivity contribution in [3.8, 4) is 0 Å². The lowest BCUT2D eigenvalue weighted by atomic mass is 9.83. The maximum Gasteiger partial charge on any atom is 0.143 e. The van der Waals surface area contributed by atoms with E-state index < -0.39 is 0 Å². The molecule has 4 heteroatoms. The molecule has 0 aliphatic heterocycles. The number of nitrogens with zero attached hydrogens (tertiary/aromatic N) is 2. The van der Waals surface area contributed by atoms with E-state index >= 15 is 0 Å². The van der Waals surface area contributed by atoms with E-state index in [1.807, 2.05) is 0 Å². The summed E-state index contributed by atoms with van der Waals surface area (Å²) in [6, 6.07) is 0. The molecule has 0 aromatic carbocycles. The zero-order valence-corrected chi connectivity index (χ0v) is 7.68. The molecule has 1 aromatic heterocycles. The fourth-order valence-corrected chi connectivity index (χ4v) is 2.20. The molecule has 1 aliphatic carbocycles. The molecule has 2 rings (SSSR count). The van der Waals surface area contributed by atoms with Gasteiger partial charge < -0.3 is 5.11 Å². The number of hydrogen-bond acceptors (Lipinski definition) is 4. The van der Waals surface area contributed by atoms with Crippen molar-refractivity contribution in [2.45, 2.75) is 32.3 Å². The Hall–Kier alpha value is -0.480. The molecule has 0 amide bonds. The minimum Gasteiger partial charge on any atom is -0.389 e. The first-order valence-electron chi connectivity index (χ1n) is 4.30. The van der Waals surface area contributed by atoms with Crippen molar-refractivity contribution >= 4 is 11.3 Å². The summed E-state index contributed by atoms with van der Waals surface area (Å²) in [5.74, 6) is 0.837. The summed E-state index contributed by atoms with van der Waals surface area (Å²) in [4.78, 5) is 0. The predicted octanol–water partition coefficient (Wildman–Crippen LogP) is 1.37. The molecular weight excluding hydrogens is 172 g/mol. The first-order chi connectivity index (χ1) is 5.88. The summed E-state index contributed by atoms with van der Waals surface area (Å²) in [7, 11) is 0. The van der Waals surface area contributed by atoms with Crippen LogP contribution >= 0.6 is 11.3 Å². The summed E-state index contributed by atoms with van der Waals surface area (Å²) < 4.78 is 0. The SMILES string of the molecule is OCc1nnc(CC2CCC2)s1. The van der Waals surface area contributed by atoms with Crippen LogP contribution in [0.5, 0.6) is 0 Å². The Kier molecular flexibility index (Phi) is 2.37. The number of aliphatic hydroxyl groups is 1. The van der Waals surface area contributed by atoms with Gasteiger partial charge in [0, 0.05) is 6.42 Å². The van der Waals surface area contributed by atoms with Crippen LogP contribution in [-0.2, 0) is 13.0 Å². The maximum absolute atomic E-state index is 8.76. The molecule has 1 fully saturated rings. The molecule has 0 atom stereocenters. The normalized spacial score (nSPS) is 17.8. The monoisotopic (exact) mass is 184 g/mol. The lowest BCUT2D eigenvalue weighted by Crippen LogP contribution is -2.13. The molecule has 66 valence electrons. The van der Waals surface area contributed by atoms with Crippen molar-refractivity contribution in [2.24, 2.45) is 5.92 Å². The third-order valence-electron chi connectivity index (χ3n) is 2.33. The minimum absolute atomic E-state index is 0.0301. The van der Waals surface area contributed by atoms with Crippen LogP contribution in [0.15, 0.2) is 0 Å². The molecule has 0 saturated heterocycles. The second kappa shape index (κ2) is 3.49. The summed E-state index contributed by atoms with van der Waals surface area (Å²) in [6.45, 7) is 0.0301. The maximum atomic E-state index is 8.76. The minimum atomic E-state index is 0.0301. The van der Waals surface area contributed by atoms with Gasteiger partial charge in [-0.3, -0.25) is 0 Å². The van der Waals surface area contributed by atoms with Crippen LogP contribution < -0.4 is 0 Å². The summed E-state index contributed by atoms with van der Waals surface area (Å²) in [5.41, 5.74) is 0. The lowest BCUT2D eigenvalue weighted by Gasteiger charge is -2.23. The molecule has 0 bridgehead atoms. The predicted molar refractivity (Wildman–Crippen MR) is 46.9 cm³/mol. The van der Waals surface area contributed by atoms with E-state index in [0.29, 0.717) is 0 Å². The first-order valence-corrected chi connectivity index (χ1v) is 5.12. The average Bonchev–Trinajstić information content (AvgIpc) is 2.44. The smallest absolute Gasteiger partial charge is 0.143 e. The molecule has 1 saturated carbocycles. The average molecular weight is 184 g/mol. The van der Waals surface area contributed by atoms with Crippen LogP contribution in [0, 0.1) is 5.92 Å². The van der Waals surface area contributed by atoms with E-state index in [9.17, 15) is 0 Å². The first kappa shape index (κ1) is 8.13. The van der Waals surface area contributed by atoms with Gasteiger partial charge in [0.1, 0.15) is 10.0 Å². The van der Waals surface area contributed by atoms with Crippen molar-refractivity contribution in [3.05, 3.63) is 10.0 Å². The van der Waals surface area contributed by atoms with Crippen molar-refractivity contribution in [1.29, 1.82) is 0 Å². The van der Waals surface area contributed by atoms with E-state index in [0.717, 1.165) is 22.4 Å². The van der Waals surface area contributed by atoms with E-state index in [1.165, 1.54) is 30.6 Å². The molecule has 1 aliphatic rings. The quantitative estimate of drug-likeness (QED) is 0.771. The molecular formula is C8H12N2OS. The van der Waals surface area contributed by atoms with Crippen LogP contribution in [0.1, 0.15) is 29.3 Å². The molecule has 0 radical (unpaired) electrons. The van der Waals surface area contributed by atoms with Crippen molar-refractivity contribution in [1.82, 2.24) is 10.2 Å². The standard InChI is InChI=1S/C8H12N2OS/c11-5-8-10-9-7(12-8)4-6-2-1-3-6/h6,11H,1-5H2. The highest BCUT2D eigenvalue weighted by Gasteiger charge is 2.19. The van der Waals surface area contributed by atoms with Crippen molar-refractivity contribution in [2.75, 3.05) is 0 Å². The summed E-state index contributed by atoms with van der Waals surface area (Å²) in [5, 5.41) is 18.5. The molecule has 3 nitrogen and oxygen atoms in total. The largest absolute Gasteiger partial charge is 0.389 e. The Morgan fingerprint density at radius 3 is 2.58 bits per heavy atom. The Morgan fingerprint density at radius 2 is 2.08 bits per heavy atom. The lowest BCUT2D eigenvalue weighted by molar-refractivity contribution is 0.280. The molecule has 1 N–H and O–H groups in total. The van der Waals surface area contributed by atoms with Crippen LogP contribution in [0.25, 0.3) is 0 Å². The second-order valence-corrected chi connectivity index (χ2v) is 4.40. The third kappa shape index (κ3) is 1.64. The van der Waals surface area contributed by atoms with Gasteiger partial charge in [-0.05, 0) is 5.92 Å². The molecule has 0 spiro atoms. The van der Waals surface area contributed by atoms with E-state index in [2.05, 4.69) is 10.2 Å². The molecule has 1 aromatic rings. The van der Waals surface area contributed by atoms with E-state index in [4.69, 9.17) is 5.11 Å². The van der Waals surface area contributed by atoms with E-state index in [-0.39, 0.29) is 6.61 Å². The zero-order valence-electron chi connectivity index (χ0n) is 6.86. The Labute approximate surface area is 75.5 Å². The Balaban J connectivity index is 1.93. The fourth-order valence-electron chi connectivity index (χ4n) is 1.38. The van der Waals surface area contributed by atoms with Gasteiger partial charge in [0.25, 0.3) is 0 Å². The highest BCUT2D eigenvalue weighted by atomic mass is 32.1. The van der Waals surface area contributed by atoms with Crippen LogP contribution in [0.4, 0.5) is 0 Å². The zero-order chi connectivity index (χ0) is 8.39. The van der Waals surface area contributed by atoms with Gasteiger partial charge in [-0.15, -0.1) is 10.2 Å². The topological polar surface area (TPSA) is 46.0 Å². The van der Waals surface area contributed by atoms with Gasteiger partial charge in [-0.1, -0.05) is 30.6 Å². The van der Waals surface area contributed by atoms with Crippen molar-refractivity contribution < 1.29 is 5.11 Å². The van der Waals surface area contributed by atoms with Crippen molar-refractivity contribution in [3.63, 3.8) is 0 Å². The van der Waals surface area contributed by atoms with Gasteiger partial charge in [0.2, 0.25) is 0 Å². The second-order valence-electron chi connectivity index (χ2n) is 3.25. The van der Waals surface area contributed by atoms with Gasteiger partial charge in [-0.2, -0.15) is 0 Å². The number of hydrogen-bond donors (Lipinski definition) is 1. The van der Waals surface area contributed by atoms with Crippen LogP contribution in [0.2, 0.25) is 0 Å². The third-order valence-corrected chi connectivity index (χ3v) is 3.26. The van der Waals surface area contributed by atoms with Gasteiger partial charge in [0.15, 0.2) is 0 Å².